The number of aryl methyl sites for hydroxylation is 1. The third-order valence-electron chi connectivity index (χ3n) is 3.41. The molecule has 1 heterocycles. The number of ether oxygens (including phenoxy) is 1. The van der Waals surface area contributed by atoms with Gasteiger partial charge in [-0.2, -0.15) is 0 Å². The van der Waals surface area contributed by atoms with Crippen molar-refractivity contribution in [3.63, 3.8) is 0 Å². The Hall–Kier alpha value is -2.36. The first kappa shape index (κ1) is 15.0. The van der Waals surface area contributed by atoms with Crippen LogP contribution in [0.15, 0.2) is 41.1 Å². The van der Waals surface area contributed by atoms with E-state index < -0.39 is 5.97 Å². The molecule has 0 fully saturated rings. The van der Waals surface area contributed by atoms with E-state index in [1.807, 2.05) is 24.3 Å². The zero-order chi connectivity index (χ0) is 15.4. The molecule has 21 heavy (non-hydrogen) atoms. The third-order valence-corrected chi connectivity index (χ3v) is 3.41. The lowest BCUT2D eigenvalue weighted by Gasteiger charge is -2.06. The van der Waals surface area contributed by atoms with Crippen molar-refractivity contribution >= 4 is 18.0 Å². The summed E-state index contributed by atoms with van der Waals surface area (Å²) in [6.07, 6.45) is 2.62. The van der Waals surface area contributed by atoms with Gasteiger partial charge in [-0.1, -0.05) is 31.2 Å². The summed E-state index contributed by atoms with van der Waals surface area (Å²) in [7, 11) is 0. The zero-order valence-corrected chi connectivity index (χ0v) is 12.5. The minimum Gasteiger partial charge on any atom is -0.462 e. The predicted molar refractivity (Wildman–Crippen MR) is 81.3 cm³/mol. The Morgan fingerprint density at radius 3 is 2.67 bits per heavy atom. The molecule has 1 aromatic rings. The number of carbonyl (C=O) groups is 2. The van der Waals surface area contributed by atoms with Gasteiger partial charge in [0.05, 0.1) is 17.8 Å². The summed E-state index contributed by atoms with van der Waals surface area (Å²) in [4.78, 5) is 24.1. The maximum atomic E-state index is 12.1. The molecule has 4 nitrogen and oxygen atoms in total. The second-order valence-corrected chi connectivity index (χ2v) is 4.78. The van der Waals surface area contributed by atoms with E-state index in [-0.39, 0.29) is 12.5 Å². The van der Waals surface area contributed by atoms with Gasteiger partial charge in [-0.3, -0.25) is 4.79 Å². The molecule has 2 rings (SSSR count). The van der Waals surface area contributed by atoms with Crippen LogP contribution in [0.2, 0.25) is 0 Å². The Labute approximate surface area is 124 Å². The van der Waals surface area contributed by atoms with Crippen LogP contribution in [0.3, 0.4) is 0 Å². The highest BCUT2D eigenvalue weighted by Crippen LogP contribution is 2.26. The van der Waals surface area contributed by atoms with Crippen molar-refractivity contribution in [2.75, 3.05) is 6.61 Å². The lowest BCUT2D eigenvalue weighted by atomic mass is 9.99. The van der Waals surface area contributed by atoms with Crippen LogP contribution in [-0.2, 0) is 20.7 Å². The van der Waals surface area contributed by atoms with Crippen molar-refractivity contribution in [3.8, 4) is 0 Å². The number of carbonyl (C=O) groups excluding carboxylic acids is 2. The lowest BCUT2D eigenvalue weighted by Crippen LogP contribution is -2.15. The largest absolute Gasteiger partial charge is 0.462 e. The Balaban J connectivity index is 2.47. The van der Waals surface area contributed by atoms with Gasteiger partial charge in [0.25, 0.3) is 5.91 Å². The van der Waals surface area contributed by atoms with E-state index in [4.69, 9.17) is 4.74 Å². The Morgan fingerprint density at radius 1 is 1.29 bits per heavy atom. The van der Waals surface area contributed by atoms with Crippen molar-refractivity contribution in [1.82, 2.24) is 5.32 Å². The van der Waals surface area contributed by atoms with Gasteiger partial charge in [-0.15, -0.1) is 0 Å². The Morgan fingerprint density at radius 2 is 2.00 bits per heavy atom. The first-order valence-corrected chi connectivity index (χ1v) is 7.07. The average Bonchev–Trinajstić information content (AvgIpc) is 2.74. The molecule has 0 atom stereocenters. The molecule has 1 aliphatic heterocycles. The Kier molecular flexibility index (Phi) is 4.58. The number of nitrogens with one attached hydrogen (secondary N) is 1. The number of amides is 1. The highest BCUT2D eigenvalue weighted by molar-refractivity contribution is 6.16. The quantitative estimate of drug-likeness (QED) is 0.683. The summed E-state index contributed by atoms with van der Waals surface area (Å²) in [5.41, 5.74) is 3.31. The van der Waals surface area contributed by atoms with Gasteiger partial charge < -0.3 is 10.1 Å². The number of esters is 1. The molecule has 0 radical (unpaired) electrons. The first-order chi connectivity index (χ1) is 10.1. The third kappa shape index (κ3) is 3.05. The highest BCUT2D eigenvalue weighted by Gasteiger charge is 2.30. The Bertz CT molecular complexity index is 641. The molecule has 0 bridgehead atoms. The minimum absolute atomic E-state index is 0.263. The molecule has 0 unspecified atom stereocenters. The number of benzene rings is 1. The summed E-state index contributed by atoms with van der Waals surface area (Å²) in [6.45, 7) is 5.78. The van der Waals surface area contributed by atoms with Crippen molar-refractivity contribution in [2.45, 2.75) is 27.2 Å². The van der Waals surface area contributed by atoms with Crippen LogP contribution in [0.25, 0.3) is 6.08 Å². The lowest BCUT2D eigenvalue weighted by molar-refractivity contribution is -0.138. The van der Waals surface area contributed by atoms with E-state index in [9.17, 15) is 9.59 Å². The summed E-state index contributed by atoms with van der Waals surface area (Å²) in [5, 5.41) is 2.69. The topological polar surface area (TPSA) is 55.4 Å². The number of allylic oxidation sites excluding steroid dienone is 1. The molecule has 0 aliphatic carbocycles. The summed E-state index contributed by atoms with van der Waals surface area (Å²) >= 11 is 0. The SMILES string of the molecule is CCOC(=O)C1=C(C)NC(=O)/C1=C/c1ccccc1CC. The maximum Gasteiger partial charge on any atom is 0.340 e. The molecular formula is C17H19NO3. The molecule has 1 aliphatic rings. The number of hydrogen-bond acceptors (Lipinski definition) is 3. The maximum absolute atomic E-state index is 12.1. The fourth-order valence-corrected chi connectivity index (χ4v) is 2.37. The summed E-state index contributed by atoms with van der Waals surface area (Å²) < 4.78 is 5.04. The van der Waals surface area contributed by atoms with E-state index in [2.05, 4.69) is 12.2 Å². The van der Waals surface area contributed by atoms with Crippen molar-refractivity contribution in [3.05, 3.63) is 52.2 Å². The predicted octanol–water partition coefficient (Wildman–Crippen LogP) is 2.60. The minimum atomic E-state index is -0.464. The van der Waals surface area contributed by atoms with Crippen molar-refractivity contribution < 1.29 is 14.3 Å². The molecular weight excluding hydrogens is 266 g/mol. The van der Waals surface area contributed by atoms with E-state index in [1.165, 1.54) is 0 Å². The molecule has 0 aromatic heterocycles. The van der Waals surface area contributed by atoms with Crippen molar-refractivity contribution in [2.24, 2.45) is 0 Å². The number of hydrogen-bond donors (Lipinski definition) is 1. The molecule has 0 saturated carbocycles. The van der Waals surface area contributed by atoms with Gasteiger partial charge in [0.15, 0.2) is 0 Å². The van der Waals surface area contributed by atoms with E-state index >= 15 is 0 Å². The van der Waals surface area contributed by atoms with Crippen LogP contribution in [-0.4, -0.2) is 18.5 Å². The van der Waals surface area contributed by atoms with Crippen molar-refractivity contribution in [1.29, 1.82) is 0 Å². The molecule has 1 amide bonds. The number of rotatable bonds is 4. The van der Waals surface area contributed by atoms with Crippen LogP contribution < -0.4 is 5.32 Å². The summed E-state index contributed by atoms with van der Waals surface area (Å²) in [6, 6.07) is 7.83. The van der Waals surface area contributed by atoms with Crippen LogP contribution >= 0.6 is 0 Å². The second kappa shape index (κ2) is 6.39. The van der Waals surface area contributed by atoms with Gasteiger partial charge in [0.2, 0.25) is 0 Å². The molecule has 0 saturated heterocycles. The normalized spacial score (nSPS) is 16.3. The standard InChI is InChI=1S/C17H19NO3/c1-4-12-8-6-7-9-13(12)10-14-15(17(20)21-5-2)11(3)18-16(14)19/h6-10H,4-5H2,1-3H3,(H,18,19)/b14-10+. The van der Waals surface area contributed by atoms with Crippen LogP contribution in [0, 0.1) is 0 Å². The van der Waals surface area contributed by atoms with Crippen LogP contribution in [0.1, 0.15) is 31.9 Å². The smallest absolute Gasteiger partial charge is 0.340 e. The van der Waals surface area contributed by atoms with Gasteiger partial charge in [-0.05, 0) is 37.5 Å². The molecule has 110 valence electrons. The fourth-order valence-electron chi connectivity index (χ4n) is 2.37. The van der Waals surface area contributed by atoms with E-state index in [0.29, 0.717) is 16.8 Å². The van der Waals surface area contributed by atoms with Gasteiger partial charge in [-0.25, -0.2) is 4.79 Å². The molecule has 1 aromatic carbocycles. The van der Waals surface area contributed by atoms with Gasteiger partial charge in [0, 0.05) is 5.70 Å². The average molecular weight is 285 g/mol. The fraction of sp³-hybridized carbons (Fsp3) is 0.294. The van der Waals surface area contributed by atoms with Gasteiger partial charge >= 0.3 is 5.97 Å². The monoisotopic (exact) mass is 285 g/mol. The molecule has 1 N–H and O–H groups in total. The van der Waals surface area contributed by atoms with Crippen LogP contribution in [0.5, 0.6) is 0 Å². The summed E-state index contributed by atoms with van der Waals surface area (Å²) in [5.74, 6) is -0.727. The van der Waals surface area contributed by atoms with E-state index in [0.717, 1.165) is 17.5 Å². The van der Waals surface area contributed by atoms with Gasteiger partial charge in [0.1, 0.15) is 0 Å². The van der Waals surface area contributed by atoms with Crippen LogP contribution in [0.4, 0.5) is 0 Å². The van der Waals surface area contributed by atoms with E-state index in [1.54, 1.807) is 19.9 Å². The molecule has 4 heteroatoms. The zero-order valence-electron chi connectivity index (χ0n) is 12.5. The first-order valence-electron chi connectivity index (χ1n) is 7.07. The second-order valence-electron chi connectivity index (χ2n) is 4.78. The highest BCUT2D eigenvalue weighted by atomic mass is 16.5. The molecule has 0 spiro atoms.